The quantitative estimate of drug-likeness (QED) is 0.291. The van der Waals surface area contributed by atoms with Gasteiger partial charge in [-0.2, -0.15) is 0 Å². The normalized spacial score (nSPS) is 11.4. The first kappa shape index (κ1) is 29.7. The number of benzene rings is 2. The number of carbonyl (C=O) groups is 2. The van der Waals surface area contributed by atoms with Crippen molar-refractivity contribution in [2.75, 3.05) is 13.2 Å². The minimum absolute atomic E-state index is 0.298. The molecule has 0 spiro atoms. The van der Waals surface area contributed by atoms with E-state index >= 15 is 0 Å². The Bertz CT molecular complexity index is 1030. The predicted molar refractivity (Wildman–Crippen MR) is 151 cm³/mol. The van der Waals surface area contributed by atoms with Crippen molar-refractivity contribution in [2.24, 2.45) is 0 Å². The number of ether oxygens (including phenoxy) is 2. The minimum atomic E-state index is -0.580. The van der Waals surface area contributed by atoms with E-state index in [1.54, 1.807) is 0 Å². The molecular weight excluding hydrogens is 464 g/mol. The summed E-state index contributed by atoms with van der Waals surface area (Å²) in [6, 6.07) is 15.9. The van der Waals surface area contributed by atoms with Crippen molar-refractivity contribution in [2.45, 2.75) is 71.9 Å². The summed E-state index contributed by atoms with van der Waals surface area (Å²) in [6.45, 7) is 20.2. The maximum Gasteiger partial charge on any atom is 0.407 e. The fourth-order valence-electron chi connectivity index (χ4n) is 3.78. The summed E-state index contributed by atoms with van der Waals surface area (Å²) in [4.78, 5) is 24.6. The van der Waals surface area contributed by atoms with Crippen molar-refractivity contribution >= 4 is 23.3 Å². The molecule has 200 valence electrons. The molecule has 0 aliphatic carbocycles. The summed E-state index contributed by atoms with van der Waals surface area (Å²) >= 11 is 0. The van der Waals surface area contributed by atoms with E-state index in [0.717, 1.165) is 39.8 Å². The number of allylic oxidation sites excluding steroid dienone is 2. The smallest absolute Gasteiger partial charge is 0.407 e. The average Bonchev–Trinajstić information content (AvgIpc) is 2.83. The van der Waals surface area contributed by atoms with Gasteiger partial charge in [0.15, 0.2) is 0 Å². The molecule has 6 heteroatoms. The molecule has 0 radical (unpaired) electrons. The molecule has 0 saturated heterocycles. The molecule has 2 amide bonds. The highest BCUT2D eigenvalue weighted by atomic mass is 16.6. The fraction of sp³-hybridized carbons (Fsp3) is 0.419. The fourth-order valence-corrected chi connectivity index (χ4v) is 3.78. The zero-order chi connectivity index (χ0) is 27.6. The number of alkyl carbamates (subject to hydrolysis) is 2. The number of nitrogens with one attached hydrogen (secondary N) is 2. The molecule has 0 fully saturated rings. The first-order chi connectivity index (χ1) is 17.3. The molecule has 0 unspecified atom stereocenters. The molecule has 2 rings (SSSR count). The molecule has 0 aromatic heterocycles. The number of hydrogen-bond acceptors (Lipinski definition) is 4. The van der Waals surface area contributed by atoms with Crippen molar-refractivity contribution in [3.05, 3.63) is 83.9 Å². The second-order valence-electron chi connectivity index (χ2n) is 10.6. The third-order valence-corrected chi connectivity index (χ3v) is 6.24. The Morgan fingerprint density at radius 1 is 0.703 bits per heavy atom. The number of unbranched alkanes of at least 4 members (excludes halogenated alkanes) is 2. The van der Waals surface area contributed by atoms with Crippen LogP contribution in [0.5, 0.6) is 0 Å². The third kappa shape index (κ3) is 9.45. The van der Waals surface area contributed by atoms with E-state index < -0.39 is 23.3 Å². The lowest BCUT2D eigenvalue weighted by Crippen LogP contribution is -2.41. The van der Waals surface area contributed by atoms with Gasteiger partial charge in [-0.3, -0.25) is 0 Å². The maximum atomic E-state index is 12.3. The summed E-state index contributed by atoms with van der Waals surface area (Å²) < 4.78 is 10.7. The van der Waals surface area contributed by atoms with Crippen LogP contribution < -0.4 is 10.6 Å². The lowest BCUT2D eigenvalue weighted by atomic mass is 9.92. The Morgan fingerprint density at radius 3 is 1.43 bits per heavy atom. The van der Waals surface area contributed by atoms with E-state index in [4.69, 9.17) is 9.47 Å². The lowest BCUT2D eigenvalue weighted by molar-refractivity contribution is 0.127. The molecule has 0 aliphatic heterocycles. The monoisotopic (exact) mass is 506 g/mol. The van der Waals surface area contributed by atoms with Gasteiger partial charge in [-0.05, 0) is 95.2 Å². The molecule has 0 bridgehead atoms. The highest BCUT2D eigenvalue weighted by Gasteiger charge is 2.25. The van der Waals surface area contributed by atoms with E-state index in [-0.39, 0.29) is 0 Å². The Morgan fingerprint density at radius 2 is 1.08 bits per heavy atom. The molecule has 0 heterocycles. The number of carbonyl (C=O) groups excluding carboxylic acids is 2. The SMILES string of the molecule is C=C(C)c1cccc(C(C)(C)NC(=O)OCCCCCOC(=O)NC(C)(C)c2cccc(C(=C)C)c2)c1. The van der Waals surface area contributed by atoms with Crippen LogP contribution in [0.4, 0.5) is 9.59 Å². The Balaban J connectivity index is 1.67. The third-order valence-electron chi connectivity index (χ3n) is 6.24. The first-order valence-corrected chi connectivity index (χ1v) is 12.7. The van der Waals surface area contributed by atoms with Crippen molar-refractivity contribution < 1.29 is 19.1 Å². The van der Waals surface area contributed by atoms with Gasteiger partial charge in [0.05, 0.1) is 24.3 Å². The van der Waals surface area contributed by atoms with Crippen LogP contribution >= 0.6 is 0 Å². The molecule has 6 nitrogen and oxygen atoms in total. The lowest BCUT2D eigenvalue weighted by Gasteiger charge is -2.27. The van der Waals surface area contributed by atoms with E-state index in [1.165, 1.54) is 0 Å². The number of hydrogen-bond donors (Lipinski definition) is 2. The second kappa shape index (κ2) is 13.1. The van der Waals surface area contributed by atoms with E-state index in [1.807, 2.05) is 90.1 Å². The zero-order valence-corrected chi connectivity index (χ0v) is 23.2. The summed E-state index contributed by atoms with van der Waals surface area (Å²) in [7, 11) is 0. The van der Waals surface area contributed by atoms with Gasteiger partial charge in [-0.15, -0.1) is 0 Å². The Labute approximate surface area is 222 Å². The largest absolute Gasteiger partial charge is 0.450 e. The molecular formula is C31H42N2O4. The summed E-state index contributed by atoms with van der Waals surface area (Å²) in [6.07, 6.45) is 1.22. The van der Waals surface area contributed by atoms with Crippen molar-refractivity contribution in [1.29, 1.82) is 0 Å². The summed E-state index contributed by atoms with van der Waals surface area (Å²) in [5.74, 6) is 0. The van der Waals surface area contributed by atoms with Crippen LogP contribution in [-0.2, 0) is 20.6 Å². The molecule has 0 saturated carbocycles. The first-order valence-electron chi connectivity index (χ1n) is 12.7. The average molecular weight is 507 g/mol. The molecule has 0 atom stereocenters. The van der Waals surface area contributed by atoms with E-state index in [2.05, 4.69) is 23.8 Å². The molecule has 37 heavy (non-hydrogen) atoms. The highest BCUT2D eigenvalue weighted by molar-refractivity contribution is 5.70. The Hall–Kier alpha value is -3.54. The predicted octanol–water partition coefficient (Wildman–Crippen LogP) is 7.55. The van der Waals surface area contributed by atoms with Crippen molar-refractivity contribution in [1.82, 2.24) is 10.6 Å². The molecule has 2 N–H and O–H groups in total. The van der Waals surface area contributed by atoms with Gasteiger partial charge in [-0.1, -0.05) is 60.7 Å². The van der Waals surface area contributed by atoms with Crippen LogP contribution in [0.15, 0.2) is 61.7 Å². The van der Waals surface area contributed by atoms with E-state index in [0.29, 0.717) is 26.1 Å². The second-order valence-corrected chi connectivity index (χ2v) is 10.6. The van der Waals surface area contributed by atoms with Crippen molar-refractivity contribution in [3.8, 4) is 0 Å². The number of rotatable bonds is 12. The van der Waals surface area contributed by atoms with Crippen LogP contribution in [0.2, 0.25) is 0 Å². The van der Waals surface area contributed by atoms with Crippen LogP contribution in [0, 0.1) is 0 Å². The molecule has 2 aromatic carbocycles. The van der Waals surface area contributed by atoms with Crippen LogP contribution in [-0.4, -0.2) is 25.4 Å². The van der Waals surface area contributed by atoms with Crippen LogP contribution in [0.1, 0.15) is 83.1 Å². The molecule has 0 aliphatic rings. The van der Waals surface area contributed by atoms with Gasteiger partial charge in [0.1, 0.15) is 0 Å². The minimum Gasteiger partial charge on any atom is -0.450 e. The van der Waals surface area contributed by atoms with Gasteiger partial charge in [-0.25, -0.2) is 9.59 Å². The van der Waals surface area contributed by atoms with Gasteiger partial charge in [0.2, 0.25) is 0 Å². The van der Waals surface area contributed by atoms with E-state index in [9.17, 15) is 9.59 Å². The molecule has 2 aromatic rings. The van der Waals surface area contributed by atoms with Crippen LogP contribution in [0.3, 0.4) is 0 Å². The Kier molecular flexibility index (Phi) is 10.5. The maximum absolute atomic E-state index is 12.3. The van der Waals surface area contributed by atoms with Gasteiger partial charge in [0.25, 0.3) is 0 Å². The topological polar surface area (TPSA) is 76.7 Å². The van der Waals surface area contributed by atoms with Gasteiger partial charge in [0, 0.05) is 0 Å². The number of amides is 2. The van der Waals surface area contributed by atoms with Gasteiger partial charge < -0.3 is 20.1 Å². The van der Waals surface area contributed by atoms with Crippen LogP contribution in [0.25, 0.3) is 11.1 Å². The summed E-state index contributed by atoms with van der Waals surface area (Å²) in [5.41, 5.74) is 4.82. The highest BCUT2D eigenvalue weighted by Crippen LogP contribution is 2.25. The summed E-state index contributed by atoms with van der Waals surface area (Å²) in [5, 5.41) is 5.85. The standard InChI is InChI=1S/C31H42N2O4/c1-22(2)24-14-12-16-26(20-24)30(5,6)32-28(34)36-18-10-9-11-19-37-29(35)33-31(7,8)27-17-13-15-25(21-27)23(3)4/h12-17,20-21H,1,3,9-11,18-19H2,2,4-8H3,(H,32,34)(H,33,35). The zero-order valence-electron chi connectivity index (χ0n) is 23.2. The van der Waals surface area contributed by atoms with Crippen molar-refractivity contribution in [3.63, 3.8) is 0 Å². The van der Waals surface area contributed by atoms with Gasteiger partial charge >= 0.3 is 12.2 Å².